The van der Waals surface area contributed by atoms with Gasteiger partial charge in [0, 0.05) is 26.2 Å². The lowest BCUT2D eigenvalue weighted by Crippen LogP contribution is -2.43. The standard InChI is InChI=1S/C22H26F3N3O3S/c1-32(30,31)28-10-4-5-16-13-26-20(18(16)14-28)21(29)27-11-8-15(9-12-27)17-6-2-3-7-19(17)22(23,24)25/h2-3,6-7,15H,4-5,8-14H2,1H3. The van der Waals surface area contributed by atoms with E-state index in [1.807, 2.05) is 0 Å². The second-order valence-corrected chi connectivity index (χ2v) is 10.6. The summed E-state index contributed by atoms with van der Waals surface area (Å²) < 4.78 is 65.7. The number of nitrogens with zero attached hydrogens (tertiary/aromatic N) is 3. The number of amides is 1. The third-order valence-electron chi connectivity index (χ3n) is 6.52. The molecule has 1 saturated heterocycles. The lowest BCUT2D eigenvalue weighted by molar-refractivity contribution is -0.138. The molecule has 1 aromatic rings. The maximum atomic E-state index is 13.4. The third-order valence-corrected chi connectivity index (χ3v) is 7.77. The zero-order valence-electron chi connectivity index (χ0n) is 17.9. The van der Waals surface area contributed by atoms with Gasteiger partial charge in [0.05, 0.1) is 18.4 Å². The summed E-state index contributed by atoms with van der Waals surface area (Å²) in [6.07, 6.45) is -0.975. The van der Waals surface area contributed by atoms with Crippen LogP contribution in [-0.4, -0.2) is 68.2 Å². The van der Waals surface area contributed by atoms with Crippen LogP contribution in [0.5, 0.6) is 0 Å². The molecule has 1 fully saturated rings. The summed E-state index contributed by atoms with van der Waals surface area (Å²) in [5.74, 6) is -0.524. The summed E-state index contributed by atoms with van der Waals surface area (Å²) in [5, 5.41) is 0. The van der Waals surface area contributed by atoms with Crippen molar-refractivity contribution in [3.8, 4) is 0 Å². The molecule has 0 spiro atoms. The van der Waals surface area contributed by atoms with Crippen LogP contribution in [0.15, 0.2) is 40.4 Å². The SMILES string of the molecule is CS(=O)(=O)N1CCCC2=C(C1)C(C(=O)N1CCC(c3ccccc3C(F)(F)F)CC1)=NC2. The Morgan fingerprint density at radius 1 is 1.12 bits per heavy atom. The molecule has 0 atom stereocenters. The van der Waals surface area contributed by atoms with Crippen LogP contribution in [0.1, 0.15) is 42.7 Å². The van der Waals surface area contributed by atoms with E-state index in [0.29, 0.717) is 63.1 Å². The van der Waals surface area contributed by atoms with Crippen molar-refractivity contribution >= 4 is 21.6 Å². The number of alkyl halides is 3. The number of likely N-dealkylation sites (tertiary alicyclic amines) is 1. The highest BCUT2D eigenvalue weighted by molar-refractivity contribution is 7.88. The Morgan fingerprint density at radius 2 is 1.81 bits per heavy atom. The number of sulfonamides is 1. The normalized spacial score (nSPS) is 21.4. The number of benzene rings is 1. The van der Waals surface area contributed by atoms with Crippen molar-refractivity contribution in [2.75, 3.05) is 39.0 Å². The molecule has 0 aromatic heterocycles. The first kappa shape index (κ1) is 23.0. The van der Waals surface area contributed by atoms with E-state index >= 15 is 0 Å². The molecule has 0 N–H and O–H groups in total. The van der Waals surface area contributed by atoms with E-state index in [1.165, 1.54) is 16.4 Å². The number of piperidine rings is 1. The first-order chi connectivity index (χ1) is 15.1. The minimum atomic E-state index is -4.41. The van der Waals surface area contributed by atoms with Gasteiger partial charge in [-0.3, -0.25) is 9.79 Å². The molecule has 4 rings (SSSR count). The van der Waals surface area contributed by atoms with Gasteiger partial charge in [0.25, 0.3) is 5.91 Å². The highest BCUT2D eigenvalue weighted by Crippen LogP contribution is 2.39. The van der Waals surface area contributed by atoms with Crippen LogP contribution in [0.4, 0.5) is 13.2 Å². The lowest BCUT2D eigenvalue weighted by Gasteiger charge is -2.33. The Morgan fingerprint density at radius 3 is 2.47 bits per heavy atom. The van der Waals surface area contributed by atoms with Crippen molar-refractivity contribution in [1.82, 2.24) is 9.21 Å². The molecule has 3 heterocycles. The number of aliphatic imine (C=N–C) groups is 1. The van der Waals surface area contributed by atoms with E-state index in [9.17, 15) is 26.4 Å². The van der Waals surface area contributed by atoms with E-state index in [1.54, 1.807) is 11.0 Å². The molecular weight excluding hydrogens is 443 g/mol. The average molecular weight is 470 g/mol. The van der Waals surface area contributed by atoms with Crippen molar-refractivity contribution in [2.45, 2.75) is 37.8 Å². The van der Waals surface area contributed by atoms with Gasteiger partial charge in [-0.25, -0.2) is 8.42 Å². The maximum Gasteiger partial charge on any atom is 0.416 e. The summed E-state index contributed by atoms with van der Waals surface area (Å²) in [6.45, 7) is 1.65. The highest BCUT2D eigenvalue weighted by atomic mass is 32.2. The van der Waals surface area contributed by atoms with Gasteiger partial charge in [-0.1, -0.05) is 18.2 Å². The van der Waals surface area contributed by atoms with E-state index in [4.69, 9.17) is 0 Å². The fourth-order valence-corrected chi connectivity index (χ4v) is 5.63. The first-order valence-electron chi connectivity index (χ1n) is 10.7. The van der Waals surface area contributed by atoms with Gasteiger partial charge in [-0.15, -0.1) is 0 Å². The molecular formula is C22H26F3N3O3S. The zero-order chi connectivity index (χ0) is 23.1. The smallest absolute Gasteiger partial charge is 0.337 e. The quantitative estimate of drug-likeness (QED) is 0.683. The number of hydrogen-bond acceptors (Lipinski definition) is 4. The Bertz CT molecular complexity index is 1070. The van der Waals surface area contributed by atoms with Crippen LogP contribution < -0.4 is 0 Å². The van der Waals surface area contributed by atoms with Crippen LogP contribution in [0.3, 0.4) is 0 Å². The van der Waals surface area contributed by atoms with E-state index in [2.05, 4.69) is 4.99 Å². The van der Waals surface area contributed by atoms with Crippen LogP contribution in [0.2, 0.25) is 0 Å². The summed E-state index contributed by atoms with van der Waals surface area (Å²) in [4.78, 5) is 19.3. The highest BCUT2D eigenvalue weighted by Gasteiger charge is 2.38. The summed E-state index contributed by atoms with van der Waals surface area (Å²) in [6, 6.07) is 5.63. The number of carbonyl (C=O) groups is 1. The second-order valence-electron chi connectivity index (χ2n) is 8.60. The molecule has 1 amide bonds. The third kappa shape index (κ3) is 4.61. The van der Waals surface area contributed by atoms with Gasteiger partial charge < -0.3 is 4.90 Å². The molecule has 6 nitrogen and oxygen atoms in total. The van der Waals surface area contributed by atoms with Gasteiger partial charge in [0.1, 0.15) is 5.71 Å². The van der Waals surface area contributed by atoms with Gasteiger partial charge >= 0.3 is 6.18 Å². The second kappa shape index (κ2) is 8.62. The fourth-order valence-electron chi connectivity index (χ4n) is 4.81. The molecule has 0 saturated carbocycles. The predicted molar refractivity (Wildman–Crippen MR) is 115 cm³/mol. The predicted octanol–water partition coefficient (Wildman–Crippen LogP) is 3.22. The fraction of sp³-hybridized carbons (Fsp3) is 0.545. The number of hydrogen-bond donors (Lipinski definition) is 0. The van der Waals surface area contributed by atoms with Crippen molar-refractivity contribution < 1.29 is 26.4 Å². The monoisotopic (exact) mass is 469 g/mol. The van der Waals surface area contributed by atoms with E-state index in [0.717, 1.165) is 17.9 Å². The van der Waals surface area contributed by atoms with Crippen LogP contribution in [0.25, 0.3) is 0 Å². The Balaban J connectivity index is 1.46. The van der Waals surface area contributed by atoms with Crippen molar-refractivity contribution in [3.63, 3.8) is 0 Å². The maximum absolute atomic E-state index is 13.4. The first-order valence-corrected chi connectivity index (χ1v) is 12.6. The zero-order valence-corrected chi connectivity index (χ0v) is 18.7. The lowest BCUT2D eigenvalue weighted by atomic mass is 9.86. The van der Waals surface area contributed by atoms with Gasteiger partial charge in [0.2, 0.25) is 10.0 Å². The van der Waals surface area contributed by atoms with Crippen molar-refractivity contribution in [3.05, 3.63) is 46.5 Å². The summed E-state index contributed by atoms with van der Waals surface area (Å²) >= 11 is 0. The molecule has 0 radical (unpaired) electrons. The number of rotatable bonds is 3. The molecule has 3 aliphatic heterocycles. The average Bonchev–Trinajstić information content (AvgIpc) is 3.01. The van der Waals surface area contributed by atoms with Gasteiger partial charge in [0.15, 0.2) is 0 Å². The minimum Gasteiger partial charge on any atom is -0.337 e. The van der Waals surface area contributed by atoms with E-state index < -0.39 is 21.8 Å². The van der Waals surface area contributed by atoms with Gasteiger partial charge in [-0.2, -0.15) is 17.5 Å². The molecule has 1 aromatic carbocycles. The number of halogens is 3. The summed E-state index contributed by atoms with van der Waals surface area (Å²) in [5.41, 5.74) is 1.68. The van der Waals surface area contributed by atoms with Crippen LogP contribution in [-0.2, 0) is 21.0 Å². The minimum absolute atomic E-state index is 0.147. The molecule has 10 heteroatoms. The largest absolute Gasteiger partial charge is 0.416 e. The summed E-state index contributed by atoms with van der Waals surface area (Å²) in [7, 11) is -3.39. The molecule has 174 valence electrons. The molecule has 0 bridgehead atoms. The molecule has 3 aliphatic rings. The Labute approximate surface area is 185 Å². The molecule has 32 heavy (non-hydrogen) atoms. The molecule has 0 unspecified atom stereocenters. The Hall–Kier alpha value is -2.20. The van der Waals surface area contributed by atoms with Crippen molar-refractivity contribution in [1.29, 1.82) is 0 Å². The molecule has 0 aliphatic carbocycles. The topological polar surface area (TPSA) is 70.1 Å². The van der Waals surface area contributed by atoms with Crippen molar-refractivity contribution in [2.24, 2.45) is 4.99 Å². The van der Waals surface area contributed by atoms with E-state index in [-0.39, 0.29) is 23.9 Å². The van der Waals surface area contributed by atoms with Gasteiger partial charge in [-0.05, 0) is 54.4 Å². The number of carbonyl (C=O) groups excluding carboxylic acids is 1. The van der Waals surface area contributed by atoms with Crippen LogP contribution in [0, 0.1) is 0 Å². The Kier molecular flexibility index (Phi) is 6.19. The van der Waals surface area contributed by atoms with Crippen LogP contribution >= 0.6 is 0 Å².